The maximum Gasteiger partial charge on any atom is 0.239 e. The molecule has 0 bridgehead atoms. The molecule has 0 aromatic rings. The zero-order chi connectivity index (χ0) is 18.1. The lowest BCUT2D eigenvalue weighted by Crippen LogP contribution is -2.57. The molecule has 0 aromatic carbocycles. The zero-order valence-electron chi connectivity index (χ0n) is 17.0. The van der Waals surface area contributed by atoms with Crippen LogP contribution in [0.4, 0.5) is 0 Å². The van der Waals surface area contributed by atoms with Gasteiger partial charge in [-0.15, -0.1) is 24.0 Å². The van der Waals surface area contributed by atoms with E-state index < -0.39 is 0 Å². The average Bonchev–Trinajstić information content (AvgIpc) is 3.60. The quantitative estimate of drug-likeness (QED) is 0.365. The van der Waals surface area contributed by atoms with Crippen molar-refractivity contribution < 1.29 is 4.79 Å². The van der Waals surface area contributed by atoms with Crippen molar-refractivity contribution >= 4 is 35.8 Å². The van der Waals surface area contributed by atoms with Gasteiger partial charge in [-0.3, -0.25) is 14.7 Å². The van der Waals surface area contributed by atoms with E-state index in [-0.39, 0.29) is 30.0 Å². The Labute approximate surface area is 181 Å². The van der Waals surface area contributed by atoms with Crippen LogP contribution in [-0.2, 0) is 4.79 Å². The standard InChI is InChI=1S/C20H35N5O.HI/c1-16(18(26)24-9-3-4-10-24)23-11-13-25(14-12-23)19(21-2)22-15-20(7-8-20)17-5-6-17;/h16-17H,3-15H2,1-2H3,(H,21,22);1H. The lowest BCUT2D eigenvalue weighted by molar-refractivity contribution is -0.135. The largest absolute Gasteiger partial charge is 0.356 e. The van der Waals surface area contributed by atoms with Crippen molar-refractivity contribution in [2.24, 2.45) is 16.3 Å². The molecule has 4 aliphatic rings. The van der Waals surface area contributed by atoms with Crippen LogP contribution in [0.1, 0.15) is 45.4 Å². The van der Waals surface area contributed by atoms with Gasteiger partial charge in [0.05, 0.1) is 6.04 Å². The van der Waals surface area contributed by atoms with Crippen molar-refractivity contribution in [2.75, 3.05) is 52.9 Å². The highest BCUT2D eigenvalue weighted by molar-refractivity contribution is 14.0. The third kappa shape index (κ3) is 4.71. The highest BCUT2D eigenvalue weighted by Gasteiger charge is 2.53. The number of piperazine rings is 1. The molecule has 0 spiro atoms. The molecule has 1 N–H and O–H groups in total. The summed E-state index contributed by atoms with van der Waals surface area (Å²) in [6.45, 7) is 8.85. The first-order valence-corrected chi connectivity index (χ1v) is 10.6. The van der Waals surface area contributed by atoms with Gasteiger partial charge in [0.1, 0.15) is 0 Å². The summed E-state index contributed by atoms with van der Waals surface area (Å²) in [4.78, 5) is 23.9. The van der Waals surface area contributed by atoms with E-state index in [1.807, 2.05) is 11.9 Å². The van der Waals surface area contributed by atoms with Gasteiger partial charge >= 0.3 is 0 Å². The van der Waals surface area contributed by atoms with Crippen LogP contribution in [0, 0.1) is 11.3 Å². The van der Waals surface area contributed by atoms with E-state index in [1.54, 1.807) is 0 Å². The number of guanidine groups is 1. The van der Waals surface area contributed by atoms with Gasteiger partial charge in [0.25, 0.3) is 0 Å². The third-order valence-corrected chi connectivity index (χ3v) is 7.08. The molecule has 1 atom stereocenters. The molecule has 2 aliphatic heterocycles. The molecule has 1 unspecified atom stereocenters. The third-order valence-electron chi connectivity index (χ3n) is 7.08. The molecule has 6 nitrogen and oxygen atoms in total. The Morgan fingerprint density at radius 2 is 1.70 bits per heavy atom. The van der Waals surface area contributed by atoms with E-state index in [0.717, 1.165) is 70.5 Å². The number of likely N-dealkylation sites (tertiary alicyclic amines) is 1. The van der Waals surface area contributed by atoms with E-state index in [1.165, 1.54) is 25.7 Å². The van der Waals surface area contributed by atoms with Crippen LogP contribution in [0.15, 0.2) is 4.99 Å². The fraction of sp³-hybridized carbons (Fsp3) is 0.900. The summed E-state index contributed by atoms with van der Waals surface area (Å²) in [6, 6.07) is 0.00910. The van der Waals surface area contributed by atoms with Gasteiger partial charge in [0, 0.05) is 52.9 Å². The molecule has 2 saturated carbocycles. The maximum atomic E-state index is 12.6. The fourth-order valence-electron chi connectivity index (χ4n) is 4.85. The Morgan fingerprint density at radius 1 is 1.07 bits per heavy atom. The van der Waals surface area contributed by atoms with Gasteiger partial charge < -0.3 is 15.1 Å². The summed E-state index contributed by atoms with van der Waals surface area (Å²) in [5.41, 5.74) is 0.592. The van der Waals surface area contributed by atoms with Gasteiger partial charge in [-0.05, 0) is 56.8 Å². The predicted molar refractivity (Wildman–Crippen MR) is 120 cm³/mol. The molecule has 4 fully saturated rings. The molecule has 4 rings (SSSR count). The molecular weight excluding hydrogens is 453 g/mol. The topological polar surface area (TPSA) is 51.2 Å². The van der Waals surface area contributed by atoms with Crippen LogP contribution in [0.2, 0.25) is 0 Å². The Kier molecular flexibility index (Phi) is 6.93. The van der Waals surface area contributed by atoms with Gasteiger partial charge in [-0.2, -0.15) is 0 Å². The second-order valence-electron chi connectivity index (χ2n) is 8.77. The first-order chi connectivity index (χ1) is 12.6. The van der Waals surface area contributed by atoms with Crippen molar-refractivity contribution in [1.29, 1.82) is 0 Å². The summed E-state index contributed by atoms with van der Waals surface area (Å²) in [6.07, 6.45) is 7.98. The minimum absolute atomic E-state index is 0. The SMILES string of the molecule is CN=C(NCC1(C2CC2)CC1)N1CCN(C(C)C(=O)N2CCCC2)CC1.I. The van der Waals surface area contributed by atoms with Gasteiger partial charge in [0.15, 0.2) is 5.96 Å². The zero-order valence-corrected chi connectivity index (χ0v) is 19.3. The maximum absolute atomic E-state index is 12.6. The van der Waals surface area contributed by atoms with Crippen molar-refractivity contribution in [1.82, 2.24) is 20.0 Å². The highest BCUT2D eigenvalue weighted by atomic mass is 127. The normalized spacial score (nSPS) is 26.5. The number of hydrogen-bond donors (Lipinski definition) is 1. The lowest BCUT2D eigenvalue weighted by atomic mass is 10.0. The molecule has 27 heavy (non-hydrogen) atoms. The summed E-state index contributed by atoms with van der Waals surface area (Å²) >= 11 is 0. The molecule has 154 valence electrons. The number of hydrogen-bond acceptors (Lipinski definition) is 3. The number of carbonyl (C=O) groups excluding carboxylic acids is 1. The van der Waals surface area contributed by atoms with Gasteiger partial charge in [-0.1, -0.05) is 0 Å². The average molecular weight is 489 g/mol. The van der Waals surface area contributed by atoms with Gasteiger partial charge in [-0.25, -0.2) is 0 Å². The fourth-order valence-corrected chi connectivity index (χ4v) is 4.85. The van der Waals surface area contributed by atoms with E-state index in [9.17, 15) is 4.79 Å². The van der Waals surface area contributed by atoms with Crippen LogP contribution in [0.25, 0.3) is 0 Å². The number of halogens is 1. The monoisotopic (exact) mass is 489 g/mol. The first-order valence-electron chi connectivity index (χ1n) is 10.6. The predicted octanol–water partition coefficient (Wildman–Crippen LogP) is 2.00. The Bertz CT molecular complexity index is 547. The molecule has 0 radical (unpaired) electrons. The van der Waals surface area contributed by atoms with E-state index in [2.05, 4.69) is 27.0 Å². The highest BCUT2D eigenvalue weighted by Crippen LogP contribution is 2.60. The minimum atomic E-state index is 0. The Balaban J connectivity index is 0.00000210. The van der Waals surface area contributed by atoms with Crippen LogP contribution in [0.3, 0.4) is 0 Å². The first kappa shape index (κ1) is 21.1. The number of amides is 1. The molecule has 7 heteroatoms. The summed E-state index contributed by atoms with van der Waals surface area (Å²) in [5, 5.41) is 3.66. The van der Waals surface area contributed by atoms with E-state index >= 15 is 0 Å². The van der Waals surface area contributed by atoms with E-state index in [0.29, 0.717) is 11.3 Å². The van der Waals surface area contributed by atoms with Crippen LogP contribution in [-0.4, -0.2) is 85.5 Å². The molecule has 1 amide bonds. The van der Waals surface area contributed by atoms with Gasteiger partial charge in [0.2, 0.25) is 5.91 Å². The molecule has 2 aliphatic carbocycles. The summed E-state index contributed by atoms with van der Waals surface area (Å²) < 4.78 is 0. The summed E-state index contributed by atoms with van der Waals surface area (Å²) in [7, 11) is 1.89. The smallest absolute Gasteiger partial charge is 0.239 e. The van der Waals surface area contributed by atoms with Crippen LogP contribution < -0.4 is 5.32 Å². The number of carbonyl (C=O) groups is 1. The number of rotatable bonds is 5. The van der Waals surface area contributed by atoms with Crippen molar-refractivity contribution in [3.05, 3.63) is 0 Å². The van der Waals surface area contributed by atoms with Crippen molar-refractivity contribution in [2.45, 2.75) is 51.5 Å². The molecule has 2 heterocycles. The Hall–Kier alpha value is -0.570. The van der Waals surface area contributed by atoms with Crippen LogP contribution >= 0.6 is 24.0 Å². The number of nitrogens with zero attached hydrogens (tertiary/aromatic N) is 4. The molecule has 0 aromatic heterocycles. The minimum Gasteiger partial charge on any atom is -0.356 e. The number of aliphatic imine (C=N–C) groups is 1. The van der Waals surface area contributed by atoms with E-state index in [4.69, 9.17) is 0 Å². The second kappa shape index (κ2) is 8.84. The lowest BCUT2D eigenvalue weighted by Gasteiger charge is -2.39. The van der Waals surface area contributed by atoms with Crippen LogP contribution in [0.5, 0.6) is 0 Å². The molecule has 2 saturated heterocycles. The second-order valence-corrected chi connectivity index (χ2v) is 8.77. The molecular formula is C20H36IN5O. The Morgan fingerprint density at radius 3 is 2.22 bits per heavy atom. The summed E-state index contributed by atoms with van der Waals surface area (Å²) in [5.74, 6) is 2.34. The van der Waals surface area contributed by atoms with Crippen molar-refractivity contribution in [3.8, 4) is 0 Å². The number of nitrogens with one attached hydrogen (secondary N) is 1. The van der Waals surface area contributed by atoms with Crippen molar-refractivity contribution in [3.63, 3.8) is 0 Å².